The summed E-state index contributed by atoms with van der Waals surface area (Å²) in [7, 11) is 1.68. The number of carbonyl (C=O) groups is 1. The van der Waals surface area contributed by atoms with Crippen LogP contribution < -0.4 is 15.8 Å². The molecule has 0 unspecified atom stereocenters. The molecule has 4 heteroatoms. The van der Waals surface area contributed by atoms with Crippen molar-refractivity contribution in [1.29, 1.82) is 0 Å². The van der Waals surface area contributed by atoms with E-state index in [1.54, 1.807) is 7.11 Å². The molecule has 0 atom stereocenters. The van der Waals surface area contributed by atoms with Crippen LogP contribution in [0.25, 0.3) is 5.70 Å². The standard InChI is InChI=1S/C21H30N2O2/c1-21(2)12-15-10-20(25-3)16(13-22)9-17(15)18(23-21)11-19(24)14-7-5-4-6-8-14/h9-11,14,23H,4-8,12-13,22H2,1-3H3. The first kappa shape index (κ1) is 18.0. The third kappa shape index (κ3) is 3.90. The summed E-state index contributed by atoms with van der Waals surface area (Å²) in [6.07, 6.45) is 8.37. The van der Waals surface area contributed by atoms with Crippen molar-refractivity contribution in [1.82, 2.24) is 5.32 Å². The highest BCUT2D eigenvalue weighted by Crippen LogP contribution is 2.35. The first-order chi connectivity index (χ1) is 11.9. The van der Waals surface area contributed by atoms with E-state index in [0.29, 0.717) is 6.54 Å². The van der Waals surface area contributed by atoms with Crippen molar-refractivity contribution in [2.24, 2.45) is 11.7 Å². The zero-order chi connectivity index (χ0) is 18.0. The third-order valence-electron chi connectivity index (χ3n) is 5.42. The van der Waals surface area contributed by atoms with Crippen molar-refractivity contribution in [3.05, 3.63) is 34.9 Å². The molecule has 1 aliphatic heterocycles. The van der Waals surface area contributed by atoms with Gasteiger partial charge in [-0.25, -0.2) is 0 Å². The van der Waals surface area contributed by atoms with Crippen LogP contribution in [0, 0.1) is 5.92 Å². The van der Waals surface area contributed by atoms with Gasteiger partial charge in [-0.05, 0) is 50.8 Å². The van der Waals surface area contributed by atoms with Crippen LogP contribution in [0.15, 0.2) is 18.2 Å². The van der Waals surface area contributed by atoms with Gasteiger partial charge in [0.15, 0.2) is 5.78 Å². The maximum absolute atomic E-state index is 12.8. The van der Waals surface area contributed by atoms with Gasteiger partial charge in [0.2, 0.25) is 0 Å². The Kier molecular flexibility index (Phi) is 5.19. The quantitative estimate of drug-likeness (QED) is 0.821. The van der Waals surface area contributed by atoms with Crippen molar-refractivity contribution in [3.8, 4) is 5.75 Å². The number of nitrogens with one attached hydrogen (secondary N) is 1. The van der Waals surface area contributed by atoms with Gasteiger partial charge < -0.3 is 15.8 Å². The minimum atomic E-state index is -0.0963. The van der Waals surface area contributed by atoms with Crippen LogP contribution in [-0.4, -0.2) is 18.4 Å². The lowest BCUT2D eigenvalue weighted by molar-refractivity contribution is -0.119. The number of ether oxygens (including phenoxy) is 1. The average molecular weight is 342 g/mol. The first-order valence-corrected chi connectivity index (χ1v) is 9.37. The molecule has 1 aliphatic carbocycles. The topological polar surface area (TPSA) is 64.3 Å². The molecule has 3 N–H and O–H groups in total. The molecule has 136 valence electrons. The third-order valence-corrected chi connectivity index (χ3v) is 5.42. The molecule has 1 saturated carbocycles. The normalized spacial score (nSPS) is 21.5. The second-order valence-electron chi connectivity index (χ2n) is 8.01. The fourth-order valence-electron chi connectivity index (χ4n) is 4.13. The van der Waals surface area contributed by atoms with Crippen molar-refractivity contribution < 1.29 is 9.53 Å². The summed E-state index contributed by atoms with van der Waals surface area (Å²) >= 11 is 0. The van der Waals surface area contributed by atoms with E-state index in [9.17, 15) is 4.79 Å². The monoisotopic (exact) mass is 342 g/mol. The largest absolute Gasteiger partial charge is 0.496 e. The van der Waals surface area contributed by atoms with E-state index >= 15 is 0 Å². The van der Waals surface area contributed by atoms with Crippen LogP contribution in [0.1, 0.15) is 62.6 Å². The zero-order valence-electron chi connectivity index (χ0n) is 15.7. The SMILES string of the molecule is COc1cc2c(cc1CN)C(=CC(=O)C1CCCCC1)NC(C)(C)C2. The van der Waals surface area contributed by atoms with Gasteiger partial charge >= 0.3 is 0 Å². The molecule has 1 fully saturated rings. The van der Waals surface area contributed by atoms with E-state index in [0.717, 1.165) is 41.8 Å². The van der Waals surface area contributed by atoms with E-state index in [1.165, 1.54) is 24.8 Å². The van der Waals surface area contributed by atoms with Gasteiger partial charge in [-0.3, -0.25) is 4.79 Å². The highest BCUT2D eigenvalue weighted by Gasteiger charge is 2.30. The van der Waals surface area contributed by atoms with Gasteiger partial charge in [0.25, 0.3) is 0 Å². The van der Waals surface area contributed by atoms with E-state index in [1.807, 2.05) is 6.08 Å². The Labute approximate surface area is 150 Å². The number of methoxy groups -OCH3 is 1. The first-order valence-electron chi connectivity index (χ1n) is 9.37. The van der Waals surface area contributed by atoms with E-state index < -0.39 is 0 Å². The number of carbonyl (C=O) groups excluding carboxylic acids is 1. The number of benzene rings is 1. The highest BCUT2D eigenvalue weighted by molar-refractivity contribution is 5.98. The Bertz CT molecular complexity index is 685. The van der Waals surface area contributed by atoms with Crippen molar-refractivity contribution >= 4 is 11.5 Å². The second kappa shape index (κ2) is 7.20. The van der Waals surface area contributed by atoms with Crippen LogP contribution in [-0.2, 0) is 17.8 Å². The highest BCUT2D eigenvalue weighted by atomic mass is 16.5. The Morgan fingerprint density at radius 3 is 2.68 bits per heavy atom. The predicted octanol–water partition coefficient (Wildman–Crippen LogP) is 3.57. The molecule has 0 aromatic heterocycles. The molecule has 1 aromatic rings. The number of ketones is 1. The lowest BCUT2D eigenvalue weighted by atomic mass is 9.82. The van der Waals surface area contributed by atoms with Crippen LogP contribution >= 0.6 is 0 Å². The van der Waals surface area contributed by atoms with Gasteiger partial charge in [-0.2, -0.15) is 0 Å². The molecular formula is C21H30N2O2. The smallest absolute Gasteiger partial charge is 0.160 e. The van der Waals surface area contributed by atoms with Crippen LogP contribution in [0.3, 0.4) is 0 Å². The fourth-order valence-corrected chi connectivity index (χ4v) is 4.13. The van der Waals surface area contributed by atoms with Crippen molar-refractivity contribution in [2.45, 2.75) is 64.5 Å². The Hall–Kier alpha value is -1.81. The van der Waals surface area contributed by atoms with Gasteiger partial charge in [0.05, 0.1) is 7.11 Å². The fraction of sp³-hybridized carbons (Fsp3) is 0.571. The molecule has 2 aliphatic rings. The summed E-state index contributed by atoms with van der Waals surface area (Å²) in [4.78, 5) is 12.8. The lowest BCUT2D eigenvalue weighted by Crippen LogP contribution is -2.44. The van der Waals surface area contributed by atoms with E-state index in [-0.39, 0.29) is 17.2 Å². The Morgan fingerprint density at radius 2 is 2.04 bits per heavy atom. The number of allylic oxidation sites excluding steroid dienone is 1. The molecule has 0 radical (unpaired) electrons. The molecule has 0 saturated heterocycles. The van der Waals surface area contributed by atoms with Gasteiger partial charge in [-0.1, -0.05) is 19.3 Å². The van der Waals surface area contributed by atoms with Crippen LogP contribution in [0.4, 0.5) is 0 Å². The zero-order valence-corrected chi connectivity index (χ0v) is 15.7. The van der Waals surface area contributed by atoms with Gasteiger partial charge in [-0.15, -0.1) is 0 Å². The summed E-state index contributed by atoms with van der Waals surface area (Å²) in [5.41, 5.74) is 9.99. The average Bonchev–Trinajstić information content (AvgIpc) is 2.60. The van der Waals surface area contributed by atoms with Crippen LogP contribution in [0.5, 0.6) is 5.75 Å². The predicted molar refractivity (Wildman–Crippen MR) is 101 cm³/mol. The molecule has 4 nitrogen and oxygen atoms in total. The lowest BCUT2D eigenvalue weighted by Gasteiger charge is -2.36. The molecule has 0 amide bonds. The summed E-state index contributed by atoms with van der Waals surface area (Å²) in [5, 5.41) is 3.57. The minimum absolute atomic E-state index is 0.0963. The number of fused-ring (bicyclic) bond motifs is 1. The number of nitrogens with two attached hydrogens (primary N) is 1. The second-order valence-corrected chi connectivity index (χ2v) is 8.01. The number of hydrogen-bond acceptors (Lipinski definition) is 4. The molecule has 1 heterocycles. The molecule has 25 heavy (non-hydrogen) atoms. The van der Waals surface area contributed by atoms with Crippen molar-refractivity contribution in [3.63, 3.8) is 0 Å². The summed E-state index contributed by atoms with van der Waals surface area (Å²) in [5.74, 6) is 1.27. The Balaban J connectivity index is 1.99. The van der Waals surface area contributed by atoms with E-state index in [4.69, 9.17) is 10.5 Å². The molecule has 0 bridgehead atoms. The summed E-state index contributed by atoms with van der Waals surface area (Å²) < 4.78 is 5.50. The van der Waals surface area contributed by atoms with E-state index in [2.05, 4.69) is 31.3 Å². The Morgan fingerprint density at radius 1 is 1.32 bits per heavy atom. The molecule has 0 spiro atoms. The minimum Gasteiger partial charge on any atom is -0.496 e. The maximum atomic E-state index is 12.8. The summed E-state index contributed by atoms with van der Waals surface area (Å²) in [6, 6.07) is 4.16. The number of rotatable bonds is 4. The molecular weight excluding hydrogens is 312 g/mol. The molecule has 1 aromatic carbocycles. The van der Waals surface area contributed by atoms with Gasteiger partial charge in [0, 0.05) is 40.9 Å². The van der Waals surface area contributed by atoms with Crippen molar-refractivity contribution in [2.75, 3.05) is 7.11 Å². The van der Waals surface area contributed by atoms with Crippen LogP contribution in [0.2, 0.25) is 0 Å². The summed E-state index contributed by atoms with van der Waals surface area (Å²) in [6.45, 7) is 4.75. The maximum Gasteiger partial charge on any atom is 0.160 e. The number of hydrogen-bond donors (Lipinski definition) is 2. The molecule has 3 rings (SSSR count). The van der Waals surface area contributed by atoms with Gasteiger partial charge in [0.1, 0.15) is 5.75 Å².